The van der Waals surface area contributed by atoms with Gasteiger partial charge in [0.2, 0.25) is 0 Å². The SMILES string of the molecule is CC=CCCCCCCCCCC=CCC. The molecule has 0 fully saturated rings. The van der Waals surface area contributed by atoms with Crippen LogP contribution in [-0.4, -0.2) is 0 Å². The molecule has 0 aliphatic carbocycles. The summed E-state index contributed by atoms with van der Waals surface area (Å²) in [5.74, 6) is 0. The molecule has 0 spiro atoms. The van der Waals surface area contributed by atoms with Crippen LogP contribution in [0.1, 0.15) is 78.1 Å². The molecule has 0 aromatic heterocycles. The third-order valence-corrected chi connectivity index (χ3v) is 2.88. The standard InChI is InChI=1S/C16H30/c1-3-5-7-9-11-13-15-16-14-12-10-8-6-4-2/h3,5-6,8H,4,7,9-16H2,1-2H3. The maximum absolute atomic E-state index is 2.33. The summed E-state index contributed by atoms with van der Waals surface area (Å²) in [6.07, 6.45) is 22.7. The Bertz CT molecular complexity index is 165. The van der Waals surface area contributed by atoms with E-state index in [1.165, 1.54) is 64.2 Å². The second-order valence-electron chi connectivity index (χ2n) is 4.50. The summed E-state index contributed by atoms with van der Waals surface area (Å²) in [6.45, 7) is 4.30. The molecular weight excluding hydrogens is 192 g/mol. The highest BCUT2D eigenvalue weighted by atomic mass is 14.0. The first kappa shape index (κ1) is 15.5. The number of hydrogen-bond acceptors (Lipinski definition) is 0. The van der Waals surface area contributed by atoms with Crippen molar-refractivity contribution >= 4 is 0 Å². The van der Waals surface area contributed by atoms with Gasteiger partial charge >= 0.3 is 0 Å². The van der Waals surface area contributed by atoms with E-state index in [1.54, 1.807) is 0 Å². The summed E-state index contributed by atoms with van der Waals surface area (Å²) in [4.78, 5) is 0. The van der Waals surface area contributed by atoms with E-state index in [9.17, 15) is 0 Å². The van der Waals surface area contributed by atoms with Gasteiger partial charge in [-0.25, -0.2) is 0 Å². The highest BCUT2D eigenvalue weighted by Crippen LogP contribution is 2.10. The van der Waals surface area contributed by atoms with Crippen LogP contribution in [0.15, 0.2) is 24.3 Å². The summed E-state index contributed by atoms with van der Waals surface area (Å²) in [7, 11) is 0. The zero-order valence-corrected chi connectivity index (χ0v) is 11.4. The van der Waals surface area contributed by atoms with Gasteiger partial charge in [-0.05, 0) is 39.0 Å². The van der Waals surface area contributed by atoms with Gasteiger partial charge in [0.15, 0.2) is 0 Å². The van der Waals surface area contributed by atoms with Gasteiger partial charge < -0.3 is 0 Å². The van der Waals surface area contributed by atoms with Gasteiger partial charge in [-0.15, -0.1) is 0 Å². The number of allylic oxidation sites excluding steroid dienone is 4. The van der Waals surface area contributed by atoms with Crippen LogP contribution < -0.4 is 0 Å². The van der Waals surface area contributed by atoms with Crippen LogP contribution >= 0.6 is 0 Å². The van der Waals surface area contributed by atoms with E-state index in [2.05, 4.69) is 38.2 Å². The van der Waals surface area contributed by atoms with Crippen molar-refractivity contribution in [1.82, 2.24) is 0 Å². The molecule has 0 aromatic carbocycles. The third kappa shape index (κ3) is 13.5. The second kappa shape index (κ2) is 14.5. The first-order valence-electron chi connectivity index (χ1n) is 7.18. The Kier molecular flexibility index (Phi) is 14.0. The summed E-state index contributed by atoms with van der Waals surface area (Å²) >= 11 is 0. The van der Waals surface area contributed by atoms with Crippen LogP contribution in [0.5, 0.6) is 0 Å². The normalized spacial score (nSPS) is 11.9. The van der Waals surface area contributed by atoms with E-state index in [1.807, 2.05) is 0 Å². The van der Waals surface area contributed by atoms with Crippen LogP contribution in [0.3, 0.4) is 0 Å². The molecule has 16 heavy (non-hydrogen) atoms. The molecule has 0 unspecified atom stereocenters. The Morgan fingerprint density at radius 3 is 1.62 bits per heavy atom. The van der Waals surface area contributed by atoms with Crippen molar-refractivity contribution in [3.05, 3.63) is 24.3 Å². The summed E-state index contributed by atoms with van der Waals surface area (Å²) in [6, 6.07) is 0. The van der Waals surface area contributed by atoms with Crippen LogP contribution in [0.4, 0.5) is 0 Å². The largest absolute Gasteiger partial charge is 0.0917 e. The van der Waals surface area contributed by atoms with E-state index in [0.717, 1.165) is 0 Å². The number of hydrogen-bond donors (Lipinski definition) is 0. The molecule has 0 nitrogen and oxygen atoms in total. The Hall–Kier alpha value is -0.520. The minimum Gasteiger partial charge on any atom is -0.0917 e. The molecule has 0 saturated heterocycles. The van der Waals surface area contributed by atoms with Crippen molar-refractivity contribution in [3.63, 3.8) is 0 Å². The Morgan fingerprint density at radius 2 is 1.12 bits per heavy atom. The minimum absolute atomic E-state index is 1.19. The molecule has 0 saturated carbocycles. The fraction of sp³-hybridized carbons (Fsp3) is 0.750. The van der Waals surface area contributed by atoms with Crippen molar-refractivity contribution in [2.45, 2.75) is 78.1 Å². The zero-order valence-electron chi connectivity index (χ0n) is 11.4. The average Bonchev–Trinajstić information content (AvgIpc) is 2.31. The molecule has 0 bridgehead atoms. The molecule has 0 N–H and O–H groups in total. The molecule has 0 heterocycles. The number of rotatable bonds is 11. The Balaban J connectivity index is 2.96. The summed E-state index contributed by atoms with van der Waals surface area (Å²) in [5.41, 5.74) is 0. The van der Waals surface area contributed by atoms with E-state index >= 15 is 0 Å². The van der Waals surface area contributed by atoms with Crippen molar-refractivity contribution in [2.75, 3.05) is 0 Å². The maximum atomic E-state index is 2.33. The van der Waals surface area contributed by atoms with Gasteiger partial charge in [-0.3, -0.25) is 0 Å². The van der Waals surface area contributed by atoms with Gasteiger partial charge in [0, 0.05) is 0 Å². The highest BCUT2D eigenvalue weighted by Gasteiger charge is 1.90. The Morgan fingerprint density at radius 1 is 0.625 bits per heavy atom. The van der Waals surface area contributed by atoms with Gasteiger partial charge in [-0.1, -0.05) is 63.3 Å². The smallest absolute Gasteiger partial charge is 0.0351 e. The van der Waals surface area contributed by atoms with E-state index in [-0.39, 0.29) is 0 Å². The predicted octanol–water partition coefficient (Wildman–Crippen LogP) is 6.04. The van der Waals surface area contributed by atoms with Crippen LogP contribution in [0.2, 0.25) is 0 Å². The van der Waals surface area contributed by atoms with E-state index < -0.39 is 0 Å². The van der Waals surface area contributed by atoms with Crippen molar-refractivity contribution in [3.8, 4) is 0 Å². The first-order valence-corrected chi connectivity index (χ1v) is 7.18. The topological polar surface area (TPSA) is 0 Å². The molecule has 94 valence electrons. The molecule has 0 aliphatic rings. The van der Waals surface area contributed by atoms with Crippen molar-refractivity contribution in [1.29, 1.82) is 0 Å². The fourth-order valence-corrected chi connectivity index (χ4v) is 1.86. The average molecular weight is 222 g/mol. The third-order valence-electron chi connectivity index (χ3n) is 2.88. The summed E-state index contributed by atoms with van der Waals surface area (Å²) < 4.78 is 0. The molecule has 0 amide bonds. The van der Waals surface area contributed by atoms with Crippen LogP contribution in [0, 0.1) is 0 Å². The monoisotopic (exact) mass is 222 g/mol. The lowest BCUT2D eigenvalue weighted by Gasteiger charge is -2.00. The van der Waals surface area contributed by atoms with Gasteiger partial charge in [0.05, 0.1) is 0 Å². The second-order valence-corrected chi connectivity index (χ2v) is 4.50. The molecule has 0 aliphatic heterocycles. The van der Waals surface area contributed by atoms with Gasteiger partial charge in [0.25, 0.3) is 0 Å². The minimum atomic E-state index is 1.19. The molecular formula is C16H30. The van der Waals surface area contributed by atoms with Crippen molar-refractivity contribution < 1.29 is 0 Å². The van der Waals surface area contributed by atoms with Crippen molar-refractivity contribution in [2.24, 2.45) is 0 Å². The predicted molar refractivity (Wildman–Crippen MR) is 75.8 cm³/mol. The first-order chi connectivity index (χ1) is 7.91. The lowest BCUT2D eigenvalue weighted by molar-refractivity contribution is 0.583. The lowest BCUT2D eigenvalue weighted by Crippen LogP contribution is -1.80. The zero-order chi connectivity index (χ0) is 11.9. The van der Waals surface area contributed by atoms with E-state index in [4.69, 9.17) is 0 Å². The molecule has 0 heteroatoms. The van der Waals surface area contributed by atoms with E-state index in [0.29, 0.717) is 0 Å². The Labute approximate surface area is 103 Å². The fourth-order valence-electron chi connectivity index (χ4n) is 1.86. The van der Waals surface area contributed by atoms with Crippen LogP contribution in [0.25, 0.3) is 0 Å². The maximum Gasteiger partial charge on any atom is -0.0351 e. The molecule has 0 rings (SSSR count). The highest BCUT2D eigenvalue weighted by molar-refractivity contribution is 4.79. The quantitative estimate of drug-likeness (QED) is 0.295. The summed E-state index contributed by atoms with van der Waals surface area (Å²) in [5, 5.41) is 0. The van der Waals surface area contributed by atoms with Gasteiger partial charge in [0.1, 0.15) is 0 Å². The molecule has 0 radical (unpaired) electrons. The van der Waals surface area contributed by atoms with Crippen LogP contribution in [-0.2, 0) is 0 Å². The molecule has 0 aromatic rings. The number of unbranched alkanes of at least 4 members (excludes halogenated alkanes) is 8. The van der Waals surface area contributed by atoms with Gasteiger partial charge in [-0.2, -0.15) is 0 Å². The lowest BCUT2D eigenvalue weighted by atomic mass is 10.1. The molecule has 0 atom stereocenters.